The zero-order valence-corrected chi connectivity index (χ0v) is 15.1. The van der Waals surface area contributed by atoms with E-state index in [1.165, 1.54) is 6.07 Å². The molecule has 1 saturated carbocycles. The number of halogens is 3. The van der Waals surface area contributed by atoms with Crippen LogP contribution in [0.2, 0.25) is 0 Å². The smallest absolute Gasteiger partial charge is 0.308 e. The van der Waals surface area contributed by atoms with Crippen molar-refractivity contribution in [3.8, 4) is 6.07 Å². The highest BCUT2D eigenvalue weighted by atomic mass is 19.4. The van der Waals surface area contributed by atoms with E-state index in [2.05, 4.69) is 21.6 Å². The van der Waals surface area contributed by atoms with E-state index in [0.717, 1.165) is 30.7 Å². The third kappa shape index (κ3) is 4.47. The first-order chi connectivity index (χ1) is 13.3. The van der Waals surface area contributed by atoms with Crippen LogP contribution in [0.15, 0.2) is 36.4 Å². The molecule has 1 aliphatic rings. The van der Waals surface area contributed by atoms with Gasteiger partial charge in [-0.2, -0.15) is 23.5 Å². The summed E-state index contributed by atoms with van der Waals surface area (Å²) < 4.78 is 38.9. The monoisotopic (exact) mass is 388 g/mol. The number of hydrogen-bond donors (Lipinski definition) is 1. The van der Waals surface area contributed by atoms with Crippen molar-refractivity contribution in [2.45, 2.75) is 50.1 Å². The maximum absolute atomic E-state index is 13.0. The van der Waals surface area contributed by atoms with Gasteiger partial charge in [0.1, 0.15) is 0 Å². The third-order valence-electron chi connectivity index (χ3n) is 4.86. The van der Waals surface area contributed by atoms with Crippen LogP contribution in [0, 0.1) is 11.3 Å². The van der Waals surface area contributed by atoms with E-state index in [4.69, 9.17) is 5.26 Å². The molecule has 1 N–H and O–H groups in total. The number of anilines is 1. The molecule has 0 radical (unpaired) electrons. The second-order valence-corrected chi connectivity index (χ2v) is 6.89. The van der Waals surface area contributed by atoms with Crippen molar-refractivity contribution in [2.75, 3.05) is 5.32 Å². The summed E-state index contributed by atoms with van der Waals surface area (Å²) in [6.45, 7) is 0. The van der Waals surface area contributed by atoms with E-state index in [-0.39, 0.29) is 11.7 Å². The summed E-state index contributed by atoms with van der Waals surface area (Å²) in [6, 6.07) is 10.4. The van der Waals surface area contributed by atoms with Gasteiger partial charge in [0.15, 0.2) is 5.82 Å². The quantitative estimate of drug-likeness (QED) is 0.713. The predicted molar refractivity (Wildman–Crippen MR) is 96.2 cm³/mol. The van der Waals surface area contributed by atoms with E-state index < -0.39 is 17.2 Å². The topological polar surface area (TPSA) is 78.7 Å². The van der Waals surface area contributed by atoms with Gasteiger partial charge in [-0.25, -0.2) is 0 Å². The first kappa shape index (κ1) is 19.8. The molecule has 0 aliphatic heterocycles. The van der Waals surface area contributed by atoms with Crippen molar-refractivity contribution in [2.24, 2.45) is 0 Å². The lowest BCUT2D eigenvalue weighted by Crippen LogP contribution is -2.28. The molecule has 8 heteroatoms. The minimum absolute atomic E-state index is 0.268. The number of benzene rings is 1. The van der Waals surface area contributed by atoms with Crippen LogP contribution in [0.3, 0.4) is 0 Å². The minimum atomic E-state index is -4.45. The van der Waals surface area contributed by atoms with E-state index in [9.17, 15) is 18.0 Å². The second kappa shape index (κ2) is 7.97. The number of amides is 1. The number of carbonyl (C=O) groups excluding carboxylic acids is 1. The molecule has 1 aromatic carbocycles. The Balaban J connectivity index is 1.65. The largest absolute Gasteiger partial charge is 0.416 e. The number of rotatable bonds is 7. The van der Waals surface area contributed by atoms with Gasteiger partial charge in [-0.05, 0) is 55.9 Å². The molecule has 28 heavy (non-hydrogen) atoms. The van der Waals surface area contributed by atoms with Crippen molar-refractivity contribution in [3.05, 3.63) is 53.2 Å². The lowest BCUT2D eigenvalue weighted by Gasteiger charge is -2.17. The van der Waals surface area contributed by atoms with Gasteiger partial charge in [-0.15, -0.1) is 5.10 Å². The number of carbonyl (C=O) groups is 1. The van der Waals surface area contributed by atoms with Crippen molar-refractivity contribution < 1.29 is 18.0 Å². The maximum Gasteiger partial charge on any atom is 0.416 e. The summed E-state index contributed by atoms with van der Waals surface area (Å²) in [5, 5.41) is 19.2. The molecule has 0 spiro atoms. The fraction of sp³-hybridized carbons (Fsp3) is 0.400. The zero-order chi connectivity index (χ0) is 20.2. The number of nitrogens with one attached hydrogen (secondary N) is 1. The highest BCUT2D eigenvalue weighted by Crippen LogP contribution is 2.49. The standard InChI is InChI=1S/C20H19F3N4O/c21-20(22,23)15-6-4-5-14(13-15)19(10-11-19)18(28)25-17-9-8-16(26-27-17)7-2-1-3-12-24/h4-6,8-9,13H,1-3,7,10-11H2,(H,25,27,28). The van der Waals surface area contributed by atoms with Crippen molar-refractivity contribution in [3.63, 3.8) is 0 Å². The lowest BCUT2D eigenvalue weighted by atomic mass is 9.93. The average Bonchev–Trinajstić information content (AvgIpc) is 3.48. The van der Waals surface area contributed by atoms with E-state index in [1.807, 2.05) is 0 Å². The fourth-order valence-corrected chi connectivity index (χ4v) is 3.07. The molecule has 1 heterocycles. The fourth-order valence-electron chi connectivity index (χ4n) is 3.07. The molecule has 1 fully saturated rings. The molecule has 146 valence electrons. The Labute approximate surface area is 160 Å². The number of aromatic nitrogens is 2. The second-order valence-electron chi connectivity index (χ2n) is 6.89. The number of nitrogens with zero attached hydrogens (tertiary/aromatic N) is 3. The number of alkyl halides is 3. The zero-order valence-electron chi connectivity index (χ0n) is 15.1. The van der Waals surface area contributed by atoms with Crippen LogP contribution in [0.1, 0.15) is 48.9 Å². The summed E-state index contributed by atoms with van der Waals surface area (Å²) in [4.78, 5) is 12.7. The van der Waals surface area contributed by atoms with Crippen LogP contribution >= 0.6 is 0 Å². The van der Waals surface area contributed by atoms with Gasteiger partial charge in [0.05, 0.1) is 22.7 Å². The normalized spacial score (nSPS) is 14.9. The van der Waals surface area contributed by atoms with Gasteiger partial charge < -0.3 is 5.32 Å². The third-order valence-corrected chi connectivity index (χ3v) is 4.86. The first-order valence-corrected chi connectivity index (χ1v) is 9.04. The number of unbranched alkanes of at least 4 members (excludes halogenated alkanes) is 2. The maximum atomic E-state index is 13.0. The summed E-state index contributed by atoms with van der Waals surface area (Å²) in [5.41, 5.74) is -0.583. The van der Waals surface area contributed by atoms with Gasteiger partial charge in [0.2, 0.25) is 5.91 Å². The van der Waals surface area contributed by atoms with Gasteiger partial charge >= 0.3 is 6.18 Å². The van der Waals surface area contributed by atoms with Crippen molar-refractivity contribution in [1.82, 2.24) is 10.2 Å². The predicted octanol–water partition coefficient (Wildman–Crippen LogP) is 4.40. The molecule has 3 rings (SSSR count). The summed E-state index contributed by atoms with van der Waals surface area (Å²) >= 11 is 0. The molecular weight excluding hydrogens is 369 g/mol. The number of nitriles is 1. The lowest BCUT2D eigenvalue weighted by molar-refractivity contribution is -0.137. The van der Waals surface area contributed by atoms with E-state index >= 15 is 0 Å². The van der Waals surface area contributed by atoms with Crippen LogP contribution in [-0.4, -0.2) is 16.1 Å². The van der Waals surface area contributed by atoms with E-state index in [1.54, 1.807) is 18.2 Å². The first-order valence-electron chi connectivity index (χ1n) is 9.04. The summed E-state index contributed by atoms with van der Waals surface area (Å²) in [5.74, 6) is -0.105. The van der Waals surface area contributed by atoms with Gasteiger partial charge in [-0.1, -0.05) is 18.2 Å². The molecule has 0 unspecified atom stereocenters. The highest BCUT2D eigenvalue weighted by molar-refractivity contribution is 6.00. The molecule has 0 bridgehead atoms. The van der Waals surface area contributed by atoms with Crippen LogP contribution < -0.4 is 5.32 Å². The highest BCUT2D eigenvalue weighted by Gasteiger charge is 2.52. The SMILES string of the molecule is N#CCCCCc1ccc(NC(=O)C2(c3cccc(C(F)(F)F)c3)CC2)nn1. The van der Waals surface area contributed by atoms with Crippen LogP contribution in [0.5, 0.6) is 0 Å². The van der Waals surface area contributed by atoms with Gasteiger partial charge in [0.25, 0.3) is 0 Å². The Morgan fingerprint density at radius 2 is 1.96 bits per heavy atom. The van der Waals surface area contributed by atoms with Crippen LogP contribution in [0.4, 0.5) is 19.0 Å². The molecular formula is C20H19F3N4O. The number of aryl methyl sites for hydroxylation is 1. The average molecular weight is 388 g/mol. The van der Waals surface area contributed by atoms with Gasteiger partial charge in [-0.3, -0.25) is 4.79 Å². The van der Waals surface area contributed by atoms with Crippen molar-refractivity contribution >= 4 is 11.7 Å². The Morgan fingerprint density at radius 3 is 2.57 bits per heavy atom. The molecule has 1 aliphatic carbocycles. The van der Waals surface area contributed by atoms with Crippen LogP contribution in [-0.2, 0) is 22.8 Å². The molecule has 1 amide bonds. The Kier molecular flexibility index (Phi) is 5.63. The Morgan fingerprint density at radius 1 is 1.18 bits per heavy atom. The molecule has 5 nitrogen and oxygen atoms in total. The number of hydrogen-bond acceptors (Lipinski definition) is 4. The Hall–Kier alpha value is -2.95. The molecule has 1 aromatic heterocycles. The summed E-state index contributed by atoms with van der Waals surface area (Å²) in [7, 11) is 0. The van der Waals surface area contributed by atoms with Gasteiger partial charge in [0, 0.05) is 6.42 Å². The Bertz CT molecular complexity index is 884. The molecule has 2 aromatic rings. The van der Waals surface area contributed by atoms with E-state index in [0.29, 0.717) is 31.2 Å². The minimum Gasteiger partial charge on any atom is -0.308 e. The molecule has 0 atom stereocenters. The van der Waals surface area contributed by atoms with Crippen molar-refractivity contribution in [1.29, 1.82) is 5.26 Å². The summed E-state index contributed by atoms with van der Waals surface area (Å²) in [6.07, 6.45) is -0.661. The molecule has 0 saturated heterocycles. The van der Waals surface area contributed by atoms with Crippen LogP contribution in [0.25, 0.3) is 0 Å².